The van der Waals surface area contributed by atoms with E-state index in [4.69, 9.17) is 10.5 Å². The van der Waals surface area contributed by atoms with E-state index in [2.05, 4.69) is 16.5 Å². The van der Waals surface area contributed by atoms with Crippen molar-refractivity contribution in [1.82, 2.24) is 15.1 Å². The van der Waals surface area contributed by atoms with Crippen molar-refractivity contribution in [2.24, 2.45) is 12.8 Å². The minimum Gasteiger partial charge on any atom is -0.370 e. The molecule has 19 heavy (non-hydrogen) atoms. The minimum absolute atomic E-state index is 0.0335. The number of rotatable bonds is 7. The predicted molar refractivity (Wildman–Crippen MR) is 72.4 cm³/mol. The maximum Gasteiger partial charge on any atom is 0.243 e. The van der Waals surface area contributed by atoms with Crippen LogP contribution in [-0.4, -0.2) is 35.4 Å². The highest BCUT2D eigenvalue weighted by atomic mass is 16.5. The zero-order valence-electron chi connectivity index (χ0n) is 10.9. The first-order valence-electron chi connectivity index (χ1n) is 6.16. The third-order valence-electron chi connectivity index (χ3n) is 2.79. The highest BCUT2D eigenvalue weighted by Gasteiger charge is 2.06. The lowest BCUT2D eigenvalue weighted by Gasteiger charge is -2.03. The van der Waals surface area contributed by atoms with Crippen LogP contribution in [0.15, 0.2) is 24.3 Å². The summed E-state index contributed by atoms with van der Waals surface area (Å²) in [5.41, 5.74) is 7.09. The number of amides is 1. The van der Waals surface area contributed by atoms with Crippen molar-refractivity contribution in [2.75, 3.05) is 19.8 Å². The Morgan fingerprint density at radius 2 is 2.26 bits per heavy atom. The molecule has 2 rings (SSSR count). The van der Waals surface area contributed by atoms with Gasteiger partial charge in [0.05, 0.1) is 17.8 Å². The summed E-state index contributed by atoms with van der Waals surface area (Å²) in [6.07, 6.45) is 0. The molecule has 0 saturated carbocycles. The lowest BCUT2D eigenvalue weighted by molar-refractivity contribution is -0.122. The fraction of sp³-hybridized carbons (Fsp3) is 0.385. The Balaban J connectivity index is 1.83. The van der Waals surface area contributed by atoms with Crippen LogP contribution in [0.1, 0.15) is 5.69 Å². The van der Waals surface area contributed by atoms with E-state index in [0.29, 0.717) is 19.7 Å². The Morgan fingerprint density at radius 3 is 3.05 bits per heavy atom. The van der Waals surface area contributed by atoms with Crippen LogP contribution in [0.25, 0.3) is 10.9 Å². The molecule has 6 nitrogen and oxygen atoms in total. The first-order chi connectivity index (χ1) is 9.18. The normalized spacial score (nSPS) is 11.0. The summed E-state index contributed by atoms with van der Waals surface area (Å²) in [6.45, 7) is 1.74. The summed E-state index contributed by atoms with van der Waals surface area (Å²) in [4.78, 5) is 10.5. The molecule has 6 heteroatoms. The predicted octanol–water partition coefficient (Wildman–Crippen LogP) is 0.165. The number of primary amides is 1. The molecule has 0 radical (unpaired) electrons. The van der Waals surface area contributed by atoms with Gasteiger partial charge in [0.1, 0.15) is 6.61 Å². The van der Waals surface area contributed by atoms with Crippen LogP contribution in [0.5, 0.6) is 0 Å². The molecule has 0 aliphatic heterocycles. The summed E-state index contributed by atoms with van der Waals surface area (Å²) in [7, 11) is 1.93. The summed E-state index contributed by atoms with van der Waals surface area (Å²) in [5.74, 6) is -0.448. The zero-order chi connectivity index (χ0) is 13.7. The van der Waals surface area contributed by atoms with Gasteiger partial charge in [0.2, 0.25) is 5.91 Å². The van der Waals surface area contributed by atoms with Crippen molar-refractivity contribution in [2.45, 2.75) is 6.54 Å². The molecule has 0 aliphatic rings. The van der Waals surface area contributed by atoms with E-state index >= 15 is 0 Å². The Kier molecular flexibility index (Phi) is 4.48. The number of hydrogen-bond donors (Lipinski definition) is 2. The second-order valence-corrected chi connectivity index (χ2v) is 4.28. The number of hydrogen-bond acceptors (Lipinski definition) is 4. The van der Waals surface area contributed by atoms with Crippen molar-refractivity contribution < 1.29 is 9.53 Å². The molecule has 2 aromatic rings. The van der Waals surface area contributed by atoms with Crippen LogP contribution in [0, 0.1) is 0 Å². The van der Waals surface area contributed by atoms with Gasteiger partial charge in [-0.25, -0.2) is 0 Å². The highest BCUT2D eigenvalue weighted by molar-refractivity contribution is 5.81. The first-order valence-corrected chi connectivity index (χ1v) is 6.16. The van der Waals surface area contributed by atoms with Crippen molar-refractivity contribution in [3.05, 3.63) is 30.0 Å². The molecule has 0 aliphatic carbocycles. The minimum atomic E-state index is -0.448. The van der Waals surface area contributed by atoms with E-state index in [9.17, 15) is 4.79 Å². The fourth-order valence-electron chi connectivity index (χ4n) is 1.94. The third-order valence-corrected chi connectivity index (χ3v) is 2.79. The molecule has 102 valence electrons. The number of para-hydroxylation sites is 1. The molecule has 1 aromatic heterocycles. The molecular formula is C13H18N4O2. The lowest BCUT2D eigenvalue weighted by Crippen LogP contribution is -2.24. The first kappa shape index (κ1) is 13.5. The van der Waals surface area contributed by atoms with E-state index in [1.165, 1.54) is 0 Å². The van der Waals surface area contributed by atoms with E-state index < -0.39 is 5.91 Å². The molecule has 3 N–H and O–H groups in total. The third kappa shape index (κ3) is 3.52. The molecule has 0 bridgehead atoms. The molecule has 1 aromatic carbocycles. The van der Waals surface area contributed by atoms with Gasteiger partial charge in [0.25, 0.3) is 0 Å². The summed E-state index contributed by atoms with van der Waals surface area (Å²) >= 11 is 0. The Bertz CT molecular complexity index is 565. The van der Waals surface area contributed by atoms with Gasteiger partial charge >= 0.3 is 0 Å². The van der Waals surface area contributed by atoms with Gasteiger partial charge in [-0.2, -0.15) is 5.10 Å². The maximum absolute atomic E-state index is 10.5. The SMILES string of the molecule is Cn1nc(CNCCOCC(N)=O)c2ccccc21. The molecule has 0 fully saturated rings. The van der Waals surface area contributed by atoms with Gasteiger partial charge in [-0.1, -0.05) is 18.2 Å². The quantitative estimate of drug-likeness (QED) is 0.697. The molecule has 0 unspecified atom stereocenters. The van der Waals surface area contributed by atoms with Crippen LogP contribution in [-0.2, 0) is 23.1 Å². The topological polar surface area (TPSA) is 82.2 Å². The van der Waals surface area contributed by atoms with Crippen LogP contribution >= 0.6 is 0 Å². The largest absolute Gasteiger partial charge is 0.370 e. The summed E-state index contributed by atoms with van der Waals surface area (Å²) in [6, 6.07) is 8.10. The van der Waals surface area contributed by atoms with Gasteiger partial charge in [0.15, 0.2) is 0 Å². The Morgan fingerprint density at radius 1 is 1.47 bits per heavy atom. The lowest BCUT2D eigenvalue weighted by atomic mass is 10.2. The van der Waals surface area contributed by atoms with Crippen LogP contribution in [0.2, 0.25) is 0 Å². The number of carbonyl (C=O) groups is 1. The average Bonchev–Trinajstić information content (AvgIpc) is 2.71. The number of nitrogens with two attached hydrogens (primary N) is 1. The number of benzene rings is 1. The van der Waals surface area contributed by atoms with Gasteiger partial charge in [-0.3, -0.25) is 9.48 Å². The summed E-state index contributed by atoms with van der Waals surface area (Å²) in [5, 5.41) is 8.85. The van der Waals surface area contributed by atoms with Crippen LogP contribution in [0.4, 0.5) is 0 Å². The smallest absolute Gasteiger partial charge is 0.243 e. The average molecular weight is 262 g/mol. The van der Waals surface area contributed by atoms with Gasteiger partial charge in [-0.15, -0.1) is 0 Å². The number of aryl methyl sites for hydroxylation is 1. The highest BCUT2D eigenvalue weighted by Crippen LogP contribution is 2.16. The maximum atomic E-state index is 10.5. The fourth-order valence-corrected chi connectivity index (χ4v) is 1.94. The van der Waals surface area contributed by atoms with E-state index in [0.717, 1.165) is 16.6 Å². The van der Waals surface area contributed by atoms with Crippen molar-refractivity contribution >= 4 is 16.8 Å². The molecular weight excluding hydrogens is 244 g/mol. The molecule has 0 atom stereocenters. The number of ether oxygens (including phenoxy) is 1. The van der Waals surface area contributed by atoms with Crippen molar-refractivity contribution in [3.8, 4) is 0 Å². The molecule has 0 saturated heterocycles. The van der Waals surface area contributed by atoms with Gasteiger partial charge in [0, 0.05) is 25.5 Å². The van der Waals surface area contributed by atoms with Crippen molar-refractivity contribution in [3.63, 3.8) is 0 Å². The number of nitrogens with zero attached hydrogens (tertiary/aromatic N) is 2. The molecule has 1 heterocycles. The standard InChI is InChI=1S/C13H18N4O2/c1-17-12-5-3-2-4-10(12)11(16-17)8-15-6-7-19-9-13(14)18/h2-5,15H,6-9H2,1H3,(H2,14,18). The van der Waals surface area contributed by atoms with E-state index in [-0.39, 0.29) is 6.61 Å². The number of fused-ring (bicyclic) bond motifs is 1. The molecule has 0 spiro atoms. The van der Waals surface area contributed by atoms with Gasteiger partial charge in [-0.05, 0) is 6.07 Å². The van der Waals surface area contributed by atoms with Crippen molar-refractivity contribution in [1.29, 1.82) is 0 Å². The zero-order valence-corrected chi connectivity index (χ0v) is 10.9. The molecule has 1 amide bonds. The van der Waals surface area contributed by atoms with E-state index in [1.54, 1.807) is 0 Å². The van der Waals surface area contributed by atoms with Crippen LogP contribution < -0.4 is 11.1 Å². The summed E-state index contributed by atoms with van der Waals surface area (Å²) < 4.78 is 6.93. The Labute approximate surface area is 111 Å². The second kappa shape index (κ2) is 6.31. The monoisotopic (exact) mass is 262 g/mol. The number of aromatic nitrogens is 2. The van der Waals surface area contributed by atoms with Crippen LogP contribution in [0.3, 0.4) is 0 Å². The Hall–Kier alpha value is -1.92. The number of carbonyl (C=O) groups excluding carboxylic acids is 1. The van der Waals surface area contributed by atoms with Gasteiger partial charge < -0.3 is 15.8 Å². The second-order valence-electron chi connectivity index (χ2n) is 4.28. The van der Waals surface area contributed by atoms with E-state index in [1.807, 2.05) is 29.9 Å². The number of nitrogens with one attached hydrogen (secondary N) is 1.